The molecule has 2 fully saturated rings. The molecule has 1 amide bonds. The van der Waals surface area contributed by atoms with Crippen molar-refractivity contribution in [3.63, 3.8) is 0 Å². The lowest BCUT2D eigenvalue weighted by atomic mass is 9.78. The number of thiophene rings is 1. The molecule has 128 valence electrons. The van der Waals surface area contributed by atoms with Gasteiger partial charge in [-0.05, 0) is 43.7 Å². The van der Waals surface area contributed by atoms with Crippen LogP contribution in [0, 0.1) is 5.92 Å². The van der Waals surface area contributed by atoms with Gasteiger partial charge in [0.05, 0.1) is 10.1 Å². The van der Waals surface area contributed by atoms with Crippen LogP contribution in [0.4, 0.5) is 0 Å². The summed E-state index contributed by atoms with van der Waals surface area (Å²) in [5.74, 6) is -0.131. The highest BCUT2D eigenvalue weighted by molar-refractivity contribution is 7.91. The van der Waals surface area contributed by atoms with Crippen molar-refractivity contribution in [3.8, 4) is 0 Å². The molecule has 4 nitrogen and oxygen atoms in total. The number of halogens is 1. The number of hydrogen-bond donors (Lipinski definition) is 0. The molecule has 1 aliphatic carbocycles. The fourth-order valence-corrected chi connectivity index (χ4v) is 6.73. The topological polar surface area (TPSA) is 54.5 Å². The van der Waals surface area contributed by atoms with Crippen LogP contribution in [0.2, 0.25) is 4.34 Å². The first-order chi connectivity index (χ1) is 10.9. The van der Waals surface area contributed by atoms with E-state index in [0.717, 1.165) is 19.3 Å². The molecule has 1 aromatic heterocycles. The molecule has 1 saturated carbocycles. The fraction of sp³-hybridized carbons (Fsp3) is 0.688. The molecule has 1 aliphatic heterocycles. The van der Waals surface area contributed by atoms with E-state index in [1.807, 2.05) is 4.90 Å². The maximum atomic E-state index is 12.6. The van der Waals surface area contributed by atoms with E-state index in [4.69, 9.17) is 11.6 Å². The Labute approximate surface area is 146 Å². The minimum atomic E-state index is -3.45. The van der Waals surface area contributed by atoms with Crippen molar-refractivity contribution in [2.24, 2.45) is 5.92 Å². The molecule has 2 heterocycles. The van der Waals surface area contributed by atoms with Crippen LogP contribution in [-0.4, -0.2) is 37.6 Å². The molecule has 0 unspecified atom stereocenters. The Morgan fingerprint density at radius 3 is 2.70 bits per heavy atom. The van der Waals surface area contributed by atoms with Crippen LogP contribution in [0.1, 0.15) is 43.4 Å². The summed E-state index contributed by atoms with van der Waals surface area (Å²) in [6.45, 7) is 0.709. The van der Waals surface area contributed by atoms with Gasteiger partial charge in [-0.3, -0.25) is 4.79 Å². The molecule has 0 aromatic carbocycles. The Balaban J connectivity index is 1.65. The molecule has 1 saturated heterocycles. The zero-order chi connectivity index (χ0) is 16.4. The molecule has 7 heteroatoms. The van der Waals surface area contributed by atoms with Crippen molar-refractivity contribution in [1.82, 2.24) is 4.90 Å². The Morgan fingerprint density at radius 1 is 1.22 bits per heavy atom. The van der Waals surface area contributed by atoms with Gasteiger partial charge in [0, 0.05) is 17.5 Å². The maximum absolute atomic E-state index is 12.6. The lowest BCUT2D eigenvalue weighted by Gasteiger charge is -2.44. The quantitative estimate of drug-likeness (QED) is 0.809. The number of hydrogen-bond acceptors (Lipinski definition) is 4. The average Bonchev–Trinajstić information content (AvgIpc) is 2.90. The summed E-state index contributed by atoms with van der Waals surface area (Å²) >= 11 is 7.10. The van der Waals surface area contributed by atoms with Crippen LogP contribution in [0.5, 0.6) is 0 Å². The van der Waals surface area contributed by atoms with Crippen LogP contribution in [0.15, 0.2) is 12.1 Å². The standard InChI is InChI=1S/C16H22ClNO3S2/c17-15-8-7-13(22-15)10-23(20,21)11-16(19)18-9-3-5-12-4-1-2-6-14(12)18/h7-8,12,14H,1-6,9-11H2/t12-,14+/m0/s1. The van der Waals surface area contributed by atoms with Crippen LogP contribution >= 0.6 is 22.9 Å². The van der Waals surface area contributed by atoms with Gasteiger partial charge in [-0.2, -0.15) is 0 Å². The zero-order valence-electron chi connectivity index (χ0n) is 13.0. The van der Waals surface area contributed by atoms with E-state index in [-0.39, 0.29) is 23.5 Å². The number of fused-ring (bicyclic) bond motifs is 1. The van der Waals surface area contributed by atoms with Crippen molar-refractivity contribution < 1.29 is 13.2 Å². The molecule has 2 atom stereocenters. The lowest BCUT2D eigenvalue weighted by molar-refractivity contribution is -0.134. The molecular weight excluding hydrogens is 354 g/mol. The first kappa shape index (κ1) is 17.2. The van der Waals surface area contributed by atoms with Crippen molar-refractivity contribution >= 4 is 38.7 Å². The van der Waals surface area contributed by atoms with Crippen LogP contribution in [0.3, 0.4) is 0 Å². The molecule has 0 bridgehead atoms. The van der Waals surface area contributed by atoms with E-state index in [1.165, 1.54) is 30.6 Å². The van der Waals surface area contributed by atoms with Gasteiger partial charge in [-0.25, -0.2) is 8.42 Å². The van der Waals surface area contributed by atoms with Crippen LogP contribution < -0.4 is 0 Å². The first-order valence-corrected chi connectivity index (χ1v) is 11.2. The monoisotopic (exact) mass is 375 g/mol. The predicted molar refractivity (Wildman–Crippen MR) is 93.5 cm³/mol. The van der Waals surface area contributed by atoms with Gasteiger partial charge < -0.3 is 4.90 Å². The highest BCUT2D eigenvalue weighted by Gasteiger charge is 2.36. The van der Waals surface area contributed by atoms with Crippen molar-refractivity contribution in [2.75, 3.05) is 12.3 Å². The second-order valence-electron chi connectivity index (χ2n) is 6.58. The molecular formula is C16H22ClNO3S2. The summed E-state index contributed by atoms with van der Waals surface area (Å²) in [6, 6.07) is 3.67. The number of carbonyl (C=O) groups is 1. The molecule has 0 radical (unpaired) electrons. The predicted octanol–water partition coefficient (Wildman–Crippen LogP) is 3.50. The van der Waals surface area contributed by atoms with E-state index in [2.05, 4.69) is 0 Å². The number of likely N-dealkylation sites (tertiary alicyclic amines) is 1. The number of nitrogens with zero attached hydrogens (tertiary/aromatic N) is 1. The highest BCUT2D eigenvalue weighted by atomic mass is 35.5. The smallest absolute Gasteiger partial charge is 0.238 e. The van der Waals surface area contributed by atoms with E-state index in [9.17, 15) is 13.2 Å². The van der Waals surface area contributed by atoms with Gasteiger partial charge in [0.15, 0.2) is 9.84 Å². The van der Waals surface area contributed by atoms with Gasteiger partial charge in [0.2, 0.25) is 5.91 Å². The third-order valence-electron chi connectivity index (χ3n) is 4.90. The molecule has 1 aromatic rings. The lowest BCUT2D eigenvalue weighted by Crippen LogP contribution is -2.51. The second-order valence-corrected chi connectivity index (χ2v) is 10.4. The normalized spacial score (nSPS) is 25.2. The number of sulfone groups is 1. The van der Waals surface area contributed by atoms with Gasteiger partial charge in [0.25, 0.3) is 0 Å². The molecule has 2 aliphatic rings. The molecule has 0 N–H and O–H groups in total. The summed E-state index contributed by atoms with van der Waals surface area (Å²) < 4.78 is 25.2. The van der Waals surface area contributed by atoms with Crippen molar-refractivity contribution in [3.05, 3.63) is 21.3 Å². The van der Waals surface area contributed by atoms with E-state index in [1.54, 1.807) is 12.1 Å². The Hall–Kier alpha value is -0.590. The largest absolute Gasteiger partial charge is 0.339 e. The molecule has 3 rings (SSSR count). The SMILES string of the molecule is O=C(CS(=O)(=O)Cc1ccc(Cl)s1)N1CCC[C@@H]2CCCC[C@H]21. The summed E-state index contributed by atoms with van der Waals surface area (Å²) in [6.07, 6.45) is 6.75. The van der Waals surface area contributed by atoms with Crippen LogP contribution in [0.25, 0.3) is 0 Å². The van der Waals surface area contributed by atoms with Gasteiger partial charge in [0.1, 0.15) is 5.75 Å². The molecule has 0 spiro atoms. The number of piperidine rings is 1. The average molecular weight is 376 g/mol. The minimum absolute atomic E-state index is 0.0991. The fourth-order valence-electron chi connectivity index (χ4n) is 3.90. The highest BCUT2D eigenvalue weighted by Crippen LogP contribution is 2.35. The number of rotatable bonds is 4. The third kappa shape index (κ3) is 4.28. The Bertz CT molecular complexity index is 669. The van der Waals surface area contributed by atoms with Gasteiger partial charge >= 0.3 is 0 Å². The first-order valence-electron chi connectivity index (χ1n) is 8.19. The van der Waals surface area contributed by atoms with Crippen molar-refractivity contribution in [1.29, 1.82) is 0 Å². The number of amides is 1. The zero-order valence-corrected chi connectivity index (χ0v) is 15.4. The summed E-state index contributed by atoms with van der Waals surface area (Å²) in [5.41, 5.74) is 0. The summed E-state index contributed by atoms with van der Waals surface area (Å²) in [7, 11) is -3.45. The van der Waals surface area contributed by atoms with E-state index >= 15 is 0 Å². The third-order valence-corrected chi connectivity index (χ3v) is 7.75. The Kier molecular flexibility index (Phi) is 5.33. The summed E-state index contributed by atoms with van der Waals surface area (Å²) in [5, 5.41) is 0. The van der Waals surface area contributed by atoms with Crippen LogP contribution in [-0.2, 0) is 20.4 Å². The molecule has 23 heavy (non-hydrogen) atoms. The second kappa shape index (κ2) is 7.11. The van der Waals surface area contributed by atoms with Gasteiger partial charge in [-0.15, -0.1) is 11.3 Å². The van der Waals surface area contributed by atoms with Crippen molar-refractivity contribution in [2.45, 2.75) is 50.3 Å². The van der Waals surface area contributed by atoms with Gasteiger partial charge in [-0.1, -0.05) is 24.4 Å². The minimum Gasteiger partial charge on any atom is -0.339 e. The van der Waals surface area contributed by atoms with E-state index < -0.39 is 9.84 Å². The number of carbonyl (C=O) groups excluding carboxylic acids is 1. The van der Waals surface area contributed by atoms with E-state index in [0.29, 0.717) is 21.7 Å². The maximum Gasteiger partial charge on any atom is 0.238 e. The summed E-state index contributed by atoms with van der Waals surface area (Å²) in [4.78, 5) is 15.1. The Morgan fingerprint density at radius 2 is 1.96 bits per heavy atom.